The Labute approximate surface area is 164 Å². The number of anilines is 1. The van der Waals surface area contributed by atoms with Gasteiger partial charge in [-0.15, -0.1) is 24.0 Å². The third-order valence-electron chi connectivity index (χ3n) is 3.62. The highest BCUT2D eigenvalue weighted by molar-refractivity contribution is 14.0. The van der Waals surface area contributed by atoms with Crippen LogP contribution >= 0.6 is 24.0 Å². The number of hydrogen-bond acceptors (Lipinski definition) is 3. The maximum absolute atomic E-state index is 5.96. The van der Waals surface area contributed by atoms with Gasteiger partial charge in [-0.2, -0.15) is 5.10 Å². The van der Waals surface area contributed by atoms with Gasteiger partial charge in [-0.25, -0.2) is 14.7 Å². The lowest BCUT2D eigenvalue weighted by atomic mass is 10.1. The quantitative estimate of drug-likeness (QED) is 0.356. The molecule has 7 heteroatoms. The average molecular weight is 448 g/mol. The molecule has 3 aromatic rings. The van der Waals surface area contributed by atoms with Crippen molar-refractivity contribution in [1.29, 1.82) is 0 Å². The SMILES string of the molecule is CCc1ccc(NC(N)=NCc2ccnc(-n3cccn3)c2)cc1.I. The summed E-state index contributed by atoms with van der Waals surface area (Å²) in [5.41, 5.74) is 9.20. The molecule has 0 unspecified atom stereocenters. The van der Waals surface area contributed by atoms with Crippen LogP contribution in [0.4, 0.5) is 5.69 Å². The van der Waals surface area contributed by atoms with Crippen molar-refractivity contribution in [3.05, 3.63) is 72.2 Å². The Balaban J connectivity index is 0.00000225. The van der Waals surface area contributed by atoms with Crippen LogP contribution in [0.15, 0.2) is 66.0 Å². The van der Waals surface area contributed by atoms with Crippen molar-refractivity contribution < 1.29 is 0 Å². The van der Waals surface area contributed by atoms with E-state index in [0.717, 1.165) is 23.5 Å². The minimum absolute atomic E-state index is 0. The normalized spacial score (nSPS) is 11.0. The van der Waals surface area contributed by atoms with Crippen molar-refractivity contribution in [3.8, 4) is 5.82 Å². The predicted octanol–water partition coefficient (Wildman–Crippen LogP) is 3.37. The second-order valence-electron chi connectivity index (χ2n) is 5.35. The first-order valence-corrected chi connectivity index (χ1v) is 7.85. The highest BCUT2D eigenvalue weighted by Crippen LogP contribution is 2.10. The van der Waals surface area contributed by atoms with Crippen LogP contribution in [0.3, 0.4) is 0 Å². The largest absolute Gasteiger partial charge is 0.370 e. The van der Waals surface area contributed by atoms with Crippen LogP contribution in [0.2, 0.25) is 0 Å². The molecule has 0 fully saturated rings. The predicted molar refractivity (Wildman–Crippen MR) is 112 cm³/mol. The van der Waals surface area contributed by atoms with Gasteiger partial charge < -0.3 is 11.1 Å². The van der Waals surface area contributed by atoms with Gasteiger partial charge in [0.15, 0.2) is 11.8 Å². The first kappa shape index (κ1) is 18.9. The van der Waals surface area contributed by atoms with Crippen molar-refractivity contribution in [1.82, 2.24) is 14.8 Å². The van der Waals surface area contributed by atoms with E-state index in [4.69, 9.17) is 5.73 Å². The molecule has 0 atom stereocenters. The molecule has 1 aromatic carbocycles. The molecule has 0 aliphatic rings. The summed E-state index contributed by atoms with van der Waals surface area (Å²) < 4.78 is 1.71. The molecule has 3 rings (SSSR count). The van der Waals surface area contributed by atoms with Crippen LogP contribution in [-0.2, 0) is 13.0 Å². The molecule has 0 spiro atoms. The second-order valence-corrected chi connectivity index (χ2v) is 5.35. The van der Waals surface area contributed by atoms with E-state index in [2.05, 4.69) is 39.4 Å². The summed E-state index contributed by atoms with van der Waals surface area (Å²) in [4.78, 5) is 8.68. The zero-order valence-electron chi connectivity index (χ0n) is 14.0. The number of rotatable bonds is 5. The Morgan fingerprint density at radius 1 is 1.16 bits per heavy atom. The lowest BCUT2D eigenvalue weighted by Crippen LogP contribution is -2.22. The van der Waals surface area contributed by atoms with Crippen LogP contribution in [0.25, 0.3) is 5.82 Å². The number of aliphatic imine (C=N–C) groups is 1. The second kappa shape index (κ2) is 9.16. The molecule has 0 saturated heterocycles. The summed E-state index contributed by atoms with van der Waals surface area (Å²) in [7, 11) is 0. The minimum atomic E-state index is 0. The standard InChI is InChI=1S/C18H20N6.HI/c1-2-14-4-6-16(7-5-14)23-18(19)21-13-15-8-10-20-17(12-15)24-11-3-9-22-24;/h3-12H,2,13H2,1H3,(H3,19,21,23);1H. The van der Waals surface area contributed by atoms with Gasteiger partial charge in [0.2, 0.25) is 0 Å². The molecule has 0 amide bonds. The van der Waals surface area contributed by atoms with E-state index < -0.39 is 0 Å². The molecule has 0 radical (unpaired) electrons. The van der Waals surface area contributed by atoms with E-state index in [1.54, 1.807) is 17.1 Å². The van der Waals surface area contributed by atoms with Crippen LogP contribution in [0.1, 0.15) is 18.1 Å². The zero-order chi connectivity index (χ0) is 16.8. The number of halogens is 1. The van der Waals surface area contributed by atoms with Gasteiger partial charge in [0.25, 0.3) is 0 Å². The highest BCUT2D eigenvalue weighted by Gasteiger charge is 2.00. The Morgan fingerprint density at radius 2 is 1.96 bits per heavy atom. The lowest BCUT2D eigenvalue weighted by molar-refractivity contribution is 0.841. The number of nitrogens with one attached hydrogen (secondary N) is 1. The Morgan fingerprint density at radius 3 is 2.64 bits per heavy atom. The summed E-state index contributed by atoms with van der Waals surface area (Å²) in [6, 6.07) is 13.9. The first-order chi connectivity index (χ1) is 11.7. The third kappa shape index (κ3) is 5.28. The van der Waals surface area contributed by atoms with Crippen molar-refractivity contribution in [3.63, 3.8) is 0 Å². The minimum Gasteiger partial charge on any atom is -0.370 e. The molecule has 0 aliphatic carbocycles. The molecule has 2 aromatic heterocycles. The zero-order valence-corrected chi connectivity index (χ0v) is 16.3. The maximum atomic E-state index is 5.96. The van der Waals surface area contributed by atoms with E-state index in [9.17, 15) is 0 Å². The number of benzene rings is 1. The fourth-order valence-corrected chi connectivity index (χ4v) is 2.28. The molecule has 130 valence electrons. The lowest BCUT2D eigenvalue weighted by Gasteiger charge is -2.07. The molecule has 0 bridgehead atoms. The number of guanidine groups is 1. The van der Waals surface area contributed by atoms with E-state index in [1.807, 2.05) is 36.5 Å². The van der Waals surface area contributed by atoms with Crippen LogP contribution in [0, 0.1) is 0 Å². The van der Waals surface area contributed by atoms with Crippen LogP contribution in [-0.4, -0.2) is 20.7 Å². The first-order valence-electron chi connectivity index (χ1n) is 7.85. The smallest absolute Gasteiger partial charge is 0.193 e. The fourth-order valence-electron chi connectivity index (χ4n) is 2.28. The topological polar surface area (TPSA) is 81.1 Å². The van der Waals surface area contributed by atoms with Gasteiger partial charge in [0, 0.05) is 24.3 Å². The highest BCUT2D eigenvalue weighted by atomic mass is 127. The van der Waals surface area contributed by atoms with E-state index in [-0.39, 0.29) is 24.0 Å². The molecule has 0 aliphatic heterocycles. The number of nitrogens with zero attached hydrogens (tertiary/aromatic N) is 4. The van der Waals surface area contributed by atoms with Crippen molar-refractivity contribution in [2.24, 2.45) is 10.7 Å². The van der Waals surface area contributed by atoms with Crippen molar-refractivity contribution in [2.45, 2.75) is 19.9 Å². The Bertz CT molecular complexity index is 812. The molecule has 25 heavy (non-hydrogen) atoms. The monoisotopic (exact) mass is 448 g/mol. The van der Waals surface area contributed by atoms with Gasteiger partial charge in [-0.3, -0.25) is 0 Å². The summed E-state index contributed by atoms with van der Waals surface area (Å²) in [5, 5.41) is 7.27. The number of hydrogen-bond donors (Lipinski definition) is 2. The molecule has 6 nitrogen and oxygen atoms in total. The summed E-state index contributed by atoms with van der Waals surface area (Å²) in [6.45, 7) is 2.60. The third-order valence-corrected chi connectivity index (χ3v) is 3.62. The summed E-state index contributed by atoms with van der Waals surface area (Å²) >= 11 is 0. The van der Waals surface area contributed by atoms with Gasteiger partial charge in [-0.1, -0.05) is 19.1 Å². The molecule has 2 heterocycles. The van der Waals surface area contributed by atoms with E-state index in [1.165, 1.54) is 5.56 Å². The Hall–Kier alpha value is -2.42. The van der Waals surface area contributed by atoms with E-state index in [0.29, 0.717) is 12.5 Å². The van der Waals surface area contributed by atoms with Gasteiger partial charge >= 0.3 is 0 Å². The van der Waals surface area contributed by atoms with Crippen LogP contribution < -0.4 is 11.1 Å². The summed E-state index contributed by atoms with van der Waals surface area (Å²) in [6.07, 6.45) is 6.34. The fraction of sp³-hybridized carbons (Fsp3) is 0.167. The number of aromatic nitrogens is 3. The van der Waals surface area contributed by atoms with Gasteiger partial charge in [0.05, 0.1) is 6.54 Å². The number of aryl methyl sites for hydroxylation is 1. The van der Waals surface area contributed by atoms with Crippen molar-refractivity contribution in [2.75, 3.05) is 5.32 Å². The van der Waals surface area contributed by atoms with E-state index >= 15 is 0 Å². The molecular formula is C18H21IN6. The molecule has 3 N–H and O–H groups in total. The van der Waals surface area contributed by atoms with Crippen LogP contribution in [0.5, 0.6) is 0 Å². The number of nitrogens with two attached hydrogens (primary N) is 1. The summed E-state index contributed by atoms with van der Waals surface area (Å²) in [5.74, 6) is 1.14. The average Bonchev–Trinajstić information content (AvgIpc) is 3.16. The maximum Gasteiger partial charge on any atom is 0.193 e. The molecule has 0 saturated carbocycles. The number of pyridine rings is 1. The van der Waals surface area contributed by atoms with Crippen molar-refractivity contribution >= 4 is 35.6 Å². The van der Waals surface area contributed by atoms with Gasteiger partial charge in [-0.05, 0) is 47.9 Å². The Kier molecular flexibility index (Phi) is 6.93. The molecular weight excluding hydrogens is 427 g/mol. The van der Waals surface area contributed by atoms with Gasteiger partial charge in [0.1, 0.15) is 0 Å².